The first kappa shape index (κ1) is 22.5. The zero-order chi connectivity index (χ0) is 21.6. The monoisotopic (exact) mass is 493 g/mol. The molecule has 2 aromatic carbocycles. The molecule has 1 fully saturated rings. The molecular weight excluding hydrogens is 470 g/mol. The topological polar surface area (TPSA) is 95.6 Å². The Hall–Kier alpha value is -2.23. The van der Waals surface area contributed by atoms with E-state index in [0.29, 0.717) is 25.9 Å². The van der Waals surface area contributed by atoms with Crippen molar-refractivity contribution in [3.05, 3.63) is 59.1 Å². The highest BCUT2D eigenvalue weighted by Crippen LogP contribution is 2.20. The number of halogens is 1. The molecule has 0 spiro atoms. The van der Waals surface area contributed by atoms with Gasteiger partial charge in [-0.3, -0.25) is 9.59 Å². The van der Waals surface area contributed by atoms with Crippen LogP contribution in [0.3, 0.4) is 0 Å². The van der Waals surface area contributed by atoms with Gasteiger partial charge in [-0.25, -0.2) is 13.1 Å². The number of piperidine rings is 1. The molecule has 0 bridgehead atoms. The summed E-state index contributed by atoms with van der Waals surface area (Å²) in [7, 11) is -3.65. The molecule has 0 atom stereocenters. The van der Waals surface area contributed by atoms with E-state index in [4.69, 9.17) is 0 Å². The molecule has 30 heavy (non-hydrogen) atoms. The van der Waals surface area contributed by atoms with Crippen molar-refractivity contribution in [1.29, 1.82) is 0 Å². The Kier molecular flexibility index (Phi) is 7.63. The molecule has 1 heterocycles. The van der Waals surface area contributed by atoms with Crippen molar-refractivity contribution in [2.45, 2.75) is 24.2 Å². The van der Waals surface area contributed by atoms with Crippen molar-refractivity contribution in [3.63, 3.8) is 0 Å². The number of benzene rings is 2. The van der Waals surface area contributed by atoms with Gasteiger partial charge in [0.1, 0.15) is 0 Å². The number of likely N-dealkylation sites (tertiary alicyclic amines) is 1. The van der Waals surface area contributed by atoms with Crippen LogP contribution in [0.4, 0.5) is 5.69 Å². The van der Waals surface area contributed by atoms with Gasteiger partial charge in [-0.15, -0.1) is 0 Å². The Balaban J connectivity index is 1.42. The first-order valence-corrected chi connectivity index (χ1v) is 12.0. The predicted molar refractivity (Wildman–Crippen MR) is 118 cm³/mol. The van der Waals surface area contributed by atoms with Gasteiger partial charge in [0.25, 0.3) is 0 Å². The Morgan fingerprint density at radius 1 is 1.00 bits per heavy atom. The zero-order valence-corrected chi connectivity index (χ0v) is 18.8. The van der Waals surface area contributed by atoms with Gasteiger partial charge in [0.15, 0.2) is 0 Å². The summed E-state index contributed by atoms with van der Waals surface area (Å²) >= 11 is 3.27. The molecule has 0 aliphatic carbocycles. The highest BCUT2D eigenvalue weighted by molar-refractivity contribution is 9.10. The molecule has 3 rings (SSSR count). The Bertz CT molecular complexity index is 973. The van der Waals surface area contributed by atoms with Crippen LogP contribution in [-0.4, -0.2) is 44.8 Å². The first-order valence-electron chi connectivity index (χ1n) is 9.74. The molecule has 0 saturated carbocycles. The lowest BCUT2D eigenvalue weighted by Gasteiger charge is -2.31. The van der Waals surface area contributed by atoms with Crippen LogP contribution in [0.25, 0.3) is 0 Å². The number of anilines is 1. The van der Waals surface area contributed by atoms with E-state index in [9.17, 15) is 18.0 Å². The van der Waals surface area contributed by atoms with E-state index >= 15 is 0 Å². The van der Waals surface area contributed by atoms with E-state index in [0.717, 1.165) is 10.2 Å². The van der Waals surface area contributed by atoms with Gasteiger partial charge in [0, 0.05) is 42.1 Å². The zero-order valence-electron chi connectivity index (χ0n) is 16.4. The van der Waals surface area contributed by atoms with Crippen LogP contribution in [-0.2, 0) is 19.6 Å². The van der Waals surface area contributed by atoms with Crippen LogP contribution in [0, 0.1) is 5.92 Å². The van der Waals surface area contributed by atoms with Gasteiger partial charge in [-0.05, 0) is 49.2 Å². The standard InChI is InChI=1S/C21H24BrN3O4S/c22-17-6-8-19(9-7-17)30(28,29)23-13-10-20(26)25-14-11-16(12-15-25)21(27)24-18-4-2-1-3-5-18/h1-9,16,23H,10-15H2,(H,24,27). The number of carbonyl (C=O) groups is 2. The number of carbonyl (C=O) groups excluding carboxylic acids is 2. The molecule has 2 amide bonds. The number of hydrogen-bond acceptors (Lipinski definition) is 4. The molecule has 7 nitrogen and oxygen atoms in total. The minimum Gasteiger partial charge on any atom is -0.343 e. The summed E-state index contributed by atoms with van der Waals surface area (Å²) in [6.45, 7) is 1.02. The van der Waals surface area contributed by atoms with Crippen molar-refractivity contribution in [2.24, 2.45) is 5.92 Å². The summed E-state index contributed by atoms with van der Waals surface area (Å²) in [5, 5.41) is 2.90. The van der Waals surface area contributed by atoms with E-state index in [-0.39, 0.29) is 35.6 Å². The Morgan fingerprint density at radius 2 is 1.63 bits per heavy atom. The Morgan fingerprint density at radius 3 is 2.27 bits per heavy atom. The molecule has 0 aromatic heterocycles. The van der Waals surface area contributed by atoms with E-state index in [1.54, 1.807) is 17.0 Å². The average Bonchev–Trinajstić information content (AvgIpc) is 2.74. The molecule has 9 heteroatoms. The quantitative estimate of drug-likeness (QED) is 0.619. The van der Waals surface area contributed by atoms with E-state index in [2.05, 4.69) is 26.0 Å². The van der Waals surface area contributed by atoms with Crippen LogP contribution in [0.1, 0.15) is 19.3 Å². The van der Waals surface area contributed by atoms with Crippen molar-refractivity contribution in [1.82, 2.24) is 9.62 Å². The highest BCUT2D eigenvalue weighted by Gasteiger charge is 2.27. The van der Waals surface area contributed by atoms with Crippen LogP contribution >= 0.6 is 15.9 Å². The summed E-state index contributed by atoms with van der Waals surface area (Å²) in [5.74, 6) is -0.281. The number of para-hydroxylation sites is 1. The fourth-order valence-electron chi connectivity index (χ4n) is 3.30. The van der Waals surface area contributed by atoms with Gasteiger partial charge in [-0.2, -0.15) is 0 Å². The average molecular weight is 494 g/mol. The van der Waals surface area contributed by atoms with Crippen LogP contribution in [0.15, 0.2) is 64.0 Å². The number of nitrogens with zero attached hydrogens (tertiary/aromatic N) is 1. The molecule has 1 aliphatic heterocycles. The lowest BCUT2D eigenvalue weighted by atomic mass is 9.95. The molecule has 1 saturated heterocycles. The molecule has 0 radical (unpaired) electrons. The number of hydrogen-bond donors (Lipinski definition) is 2. The third-order valence-electron chi connectivity index (χ3n) is 5.01. The van der Waals surface area contributed by atoms with Crippen LogP contribution in [0.2, 0.25) is 0 Å². The second kappa shape index (κ2) is 10.2. The number of nitrogens with one attached hydrogen (secondary N) is 2. The summed E-state index contributed by atoms with van der Waals surface area (Å²) in [4.78, 5) is 26.7. The lowest BCUT2D eigenvalue weighted by molar-refractivity contribution is -0.134. The van der Waals surface area contributed by atoms with Gasteiger partial charge < -0.3 is 10.2 Å². The maximum atomic E-state index is 12.4. The third-order valence-corrected chi connectivity index (χ3v) is 7.02. The minimum absolute atomic E-state index is 0.0319. The van der Waals surface area contributed by atoms with Gasteiger partial charge in [0.05, 0.1) is 4.90 Å². The first-order chi connectivity index (χ1) is 14.3. The fraction of sp³-hybridized carbons (Fsp3) is 0.333. The van der Waals surface area contributed by atoms with E-state index in [1.165, 1.54) is 12.1 Å². The summed E-state index contributed by atoms with van der Waals surface area (Å²) in [5.41, 5.74) is 0.763. The largest absolute Gasteiger partial charge is 0.343 e. The summed E-state index contributed by atoms with van der Waals surface area (Å²) < 4.78 is 27.8. The molecule has 2 aromatic rings. The van der Waals surface area contributed by atoms with Crippen molar-refractivity contribution in [2.75, 3.05) is 25.0 Å². The van der Waals surface area contributed by atoms with Crippen molar-refractivity contribution in [3.8, 4) is 0 Å². The second-order valence-corrected chi connectivity index (χ2v) is 9.79. The van der Waals surface area contributed by atoms with Crippen LogP contribution in [0.5, 0.6) is 0 Å². The smallest absolute Gasteiger partial charge is 0.240 e. The molecule has 160 valence electrons. The van der Waals surface area contributed by atoms with Gasteiger partial charge >= 0.3 is 0 Å². The number of rotatable bonds is 7. The SMILES string of the molecule is O=C(Nc1ccccc1)C1CCN(C(=O)CCNS(=O)(=O)c2ccc(Br)cc2)CC1. The van der Waals surface area contributed by atoms with Crippen LogP contribution < -0.4 is 10.0 Å². The van der Waals surface area contributed by atoms with E-state index < -0.39 is 10.0 Å². The summed E-state index contributed by atoms with van der Waals surface area (Å²) in [6.07, 6.45) is 1.26. The van der Waals surface area contributed by atoms with Crippen molar-refractivity contribution >= 4 is 43.5 Å². The number of sulfonamides is 1. The second-order valence-electron chi connectivity index (χ2n) is 7.11. The van der Waals surface area contributed by atoms with E-state index in [1.807, 2.05) is 30.3 Å². The van der Waals surface area contributed by atoms with Gasteiger partial charge in [0.2, 0.25) is 21.8 Å². The lowest BCUT2D eigenvalue weighted by Crippen LogP contribution is -2.42. The highest BCUT2D eigenvalue weighted by atomic mass is 79.9. The molecule has 1 aliphatic rings. The fourth-order valence-corrected chi connectivity index (χ4v) is 4.60. The van der Waals surface area contributed by atoms with Gasteiger partial charge in [-0.1, -0.05) is 34.1 Å². The maximum Gasteiger partial charge on any atom is 0.240 e. The molecule has 0 unspecified atom stereocenters. The predicted octanol–water partition coefficient (Wildman–Crippen LogP) is 2.99. The summed E-state index contributed by atoms with van der Waals surface area (Å²) in [6, 6.07) is 15.6. The molecule has 2 N–H and O–H groups in total. The Labute approximate surface area is 185 Å². The van der Waals surface area contributed by atoms with Crippen molar-refractivity contribution < 1.29 is 18.0 Å². The number of amides is 2. The molecular formula is C21H24BrN3O4S. The maximum absolute atomic E-state index is 12.4. The normalized spacial score (nSPS) is 15.0. The third kappa shape index (κ3) is 6.13. The minimum atomic E-state index is -3.65.